The van der Waals surface area contributed by atoms with Crippen molar-refractivity contribution >= 4 is 22.5 Å². The Morgan fingerprint density at radius 3 is 2.88 bits per heavy atom. The quantitative estimate of drug-likeness (QED) is 0.755. The van der Waals surface area contributed by atoms with Crippen LogP contribution in [-0.2, 0) is 0 Å². The van der Waals surface area contributed by atoms with E-state index in [-0.39, 0.29) is 11.9 Å². The number of nitrogens with one attached hydrogen (secondary N) is 2. The van der Waals surface area contributed by atoms with Gasteiger partial charge in [-0.1, -0.05) is 24.3 Å². The highest BCUT2D eigenvalue weighted by Gasteiger charge is 2.27. The van der Waals surface area contributed by atoms with Gasteiger partial charge >= 0.3 is 0 Å². The fourth-order valence-electron chi connectivity index (χ4n) is 3.62. The van der Waals surface area contributed by atoms with Crippen LogP contribution in [0.15, 0.2) is 42.5 Å². The Hall–Kier alpha value is -2.82. The van der Waals surface area contributed by atoms with E-state index in [1.807, 2.05) is 29.2 Å². The molecule has 3 aromatic rings. The third-order valence-corrected chi connectivity index (χ3v) is 5.26. The molecule has 1 fully saturated rings. The van der Waals surface area contributed by atoms with Crippen LogP contribution in [0.5, 0.6) is 0 Å². The van der Waals surface area contributed by atoms with E-state index in [2.05, 4.69) is 47.6 Å². The number of carbonyl (C=O) groups excluding carboxylic acids is 1. The van der Waals surface area contributed by atoms with Crippen LogP contribution in [0.3, 0.4) is 0 Å². The third kappa shape index (κ3) is 3.17. The molecule has 5 nitrogen and oxygen atoms in total. The number of amides is 1. The number of piperidine rings is 1. The predicted molar refractivity (Wildman–Crippen MR) is 105 cm³/mol. The molecule has 134 valence electrons. The Balaban J connectivity index is 1.49. The number of fused-ring (bicyclic) bond motifs is 1. The average molecular weight is 348 g/mol. The van der Waals surface area contributed by atoms with Crippen molar-refractivity contribution in [1.82, 2.24) is 15.1 Å². The molecule has 0 spiro atoms. The zero-order chi connectivity index (χ0) is 18.1. The van der Waals surface area contributed by atoms with Gasteiger partial charge in [-0.2, -0.15) is 5.10 Å². The van der Waals surface area contributed by atoms with Crippen molar-refractivity contribution in [3.05, 3.63) is 59.3 Å². The number of aryl methyl sites for hydroxylation is 2. The van der Waals surface area contributed by atoms with Crippen LogP contribution in [0.2, 0.25) is 0 Å². The smallest absolute Gasteiger partial charge is 0.275 e. The van der Waals surface area contributed by atoms with E-state index in [0.717, 1.165) is 36.0 Å². The maximum absolute atomic E-state index is 13.0. The summed E-state index contributed by atoms with van der Waals surface area (Å²) in [6.07, 6.45) is 2.06. The van der Waals surface area contributed by atoms with Crippen LogP contribution in [0.25, 0.3) is 10.9 Å². The van der Waals surface area contributed by atoms with Crippen molar-refractivity contribution in [3.8, 4) is 0 Å². The molecule has 1 aromatic heterocycles. The van der Waals surface area contributed by atoms with E-state index < -0.39 is 0 Å². The minimum absolute atomic E-state index is 0.00837. The van der Waals surface area contributed by atoms with Gasteiger partial charge in [0.25, 0.3) is 5.91 Å². The van der Waals surface area contributed by atoms with Crippen LogP contribution in [0.1, 0.15) is 34.5 Å². The van der Waals surface area contributed by atoms with E-state index in [1.54, 1.807) is 0 Å². The molecule has 0 unspecified atom stereocenters. The molecule has 26 heavy (non-hydrogen) atoms. The van der Waals surface area contributed by atoms with Gasteiger partial charge in [0, 0.05) is 30.2 Å². The summed E-state index contributed by atoms with van der Waals surface area (Å²) in [7, 11) is 0. The molecule has 1 atom stereocenters. The lowest BCUT2D eigenvalue weighted by molar-refractivity contribution is 0.0711. The molecule has 2 aromatic carbocycles. The van der Waals surface area contributed by atoms with Crippen molar-refractivity contribution in [2.24, 2.45) is 0 Å². The molecule has 1 aliphatic heterocycles. The van der Waals surface area contributed by atoms with Gasteiger partial charge in [-0.25, -0.2) is 0 Å². The van der Waals surface area contributed by atoms with Gasteiger partial charge in [-0.3, -0.25) is 9.89 Å². The number of aromatic nitrogens is 2. The first-order valence-corrected chi connectivity index (χ1v) is 9.18. The molecular weight excluding hydrogens is 324 g/mol. The van der Waals surface area contributed by atoms with E-state index in [0.29, 0.717) is 12.2 Å². The summed E-state index contributed by atoms with van der Waals surface area (Å²) in [6, 6.07) is 14.5. The van der Waals surface area contributed by atoms with Crippen molar-refractivity contribution in [2.45, 2.75) is 32.7 Å². The van der Waals surface area contributed by atoms with Crippen molar-refractivity contribution < 1.29 is 4.79 Å². The largest absolute Gasteiger partial charge is 0.381 e. The first-order valence-electron chi connectivity index (χ1n) is 9.18. The van der Waals surface area contributed by atoms with Crippen LogP contribution >= 0.6 is 0 Å². The number of likely N-dealkylation sites (tertiary alicyclic amines) is 1. The summed E-state index contributed by atoms with van der Waals surface area (Å²) in [5, 5.41) is 11.7. The Labute approximate surface area is 153 Å². The summed E-state index contributed by atoms with van der Waals surface area (Å²) in [5.74, 6) is 0.00837. The number of H-pyrrole nitrogens is 1. The molecule has 0 saturated carbocycles. The number of hydrogen-bond acceptors (Lipinski definition) is 3. The SMILES string of the molecule is Cc1ccc(N[C@H]2CCCN(C(=O)c3n[nH]c4ccccc34)C2)cc1C. The molecule has 1 saturated heterocycles. The van der Waals surface area contributed by atoms with Crippen LogP contribution in [0.4, 0.5) is 5.69 Å². The number of hydrogen-bond donors (Lipinski definition) is 2. The fraction of sp³-hybridized carbons (Fsp3) is 0.333. The van der Waals surface area contributed by atoms with Crippen molar-refractivity contribution in [2.75, 3.05) is 18.4 Å². The molecule has 0 aliphatic carbocycles. The van der Waals surface area contributed by atoms with Crippen LogP contribution < -0.4 is 5.32 Å². The lowest BCUT2D eigenvalue weighted by Gasteiger charge is -2.33. The maximum atomic E-state index is 13.0. The van der Waals surface area contributed by atoms with E-state index >= 15 is 0 Å². The standard InChI is InChI=1S/C21H24N4O/c1-14-9-10-16(12-15(14)2)22-17-6-5-11-25(13-17)21(26)20-18-7-3-4-8-19(18)23-24-20/h3-4,7-10,12,17,22H,5-6,11,13H2,1-2H3,(H,23,24)/t17-/m0/s1. The number of rotatable bonds is 3. The second-order valence-corrected chi connectivity index (χ2v) is 7.15. The molecule has 4 rings (SSSR count). The van der Waals surface area contributed by atoms with Crippen molar-refractivity contribution in [1.29, 1.82) is 0 Å². The highest BCUT2D eigenvalue weighted by Crippen LogP contribution is 2.22. The maximum Gasteiger partial charge on any atom is 0.275 e. The summed E-state index contributed by atoms with van der Waals surface area (Å²) < 4.78 is 0. The lowest BCUT2D eigenvalue weighted by Crippen LogP contribution is -2.45. The molecule has 1 amide bonds. The van der Waals surface area contributed by atoms with E-state index in [9.17, 15) is 4.79 Å². The van der Waals surface area contributed by atoms with Crippen molar-refractivity contribution in [3.63, 3.8) is 0 Å². The molecule has 5 heteroatoms. The summed E-state index contributed by atoms with van der Waals surface area (Å²) in [5.41, 5.74) is 5.12. The molecule has 1 aliphatic rings. The highest BCUT2D eigenvalue weighted by molar-refractivity contribution is 6.04. The Kier molecular flexibility index (Phi) is 4.37. The number of benzene rings is 2. The molecule has 0 radical (unpaired) electrons. The normalized spacial score (nSPS) is 17.5. The number of anilines is 1. The van der Waals surface area contributed by atoms with Gasteiger partial charge in [0.05, 0.1) is 5.52 Å². The predicted octanol–water partition coefficient (Wildman–Crippen LogP) is 3.90. The summed E-state index contributed by atoms with van der Waals surface area (Å²) in [6.45, 7) is 5.73. The first kappa shape index (κ1) is 16.6. The first-order chi connectivity index (χ1) is 12.6. The Morgan fingerprint density at radius 1 is 1.19 bits per heavy atom. The number of para-hydroxylation sites is 1. The van der Waals surface area contributed by atoms with Gasteiger partial charge in [-0.15, -0.1) is 0 Å². The molecule has 0 bridgehead atoms. The molecular formula is C21H24N4O. The number of carbonyl (C=O) groups is 1. The summed E-state index contributed by atoms with van der Waals surface area (Å²) >= 11 is 0. The van der Waals surface area contributed by atoms with Gasteiger partial charge < -0.3 is 10.2 Å². The fourth-order valence-corrected chi connectivity index (χ4v) is 3.62. The second kappa shape index (κ2) is 6.83. The van der Waals surface area contributed by atoms with Gasteiger partial charge in [0.15, 0.2) is 5.69 Å². The van der Waals surface area contributed by atoms with Crippen LogP contribution in [-0.4, -0.2) is 40.1 Å². The second-order valence-electron chi connectivity index (χ2n) is 7.15. The zero-order valence-corrected chi connectivity index (χ0v) is 15.2. The topological polar surface area (TPSA) is 61.0 Å². The highest BCUT2D eigenvalue weighted by atomic mass is 16.2. The molecule has 2 N–H and O–H groups in total. The third-order valence-electron chi connectivity index (χ3n) is 5.26. The Bertz CT molecular complexity index is 946. The minimum atomic E-state index is 0.00837. The summed E-state index contributed by atoms with van der Waals surface area (Å²) in [4.78, 5) is 14.9. The van der Waals surface area contributed by atoms with E-state index in [4.69, 9.17) is 0 Å². The number of aromatic amines is 1. The average Bonchev–Trinajstić information content (AvgIpc) is 3.08. The lowest BCUT2D eigenvalue weighted by atomic mass is 10.0. The van der Waals surface area contributed by atoms with Gasteiger partial charge in [0.1, 0.15) is 0 Å². The van der Waals surface area contributed by atoms with E-state index in [1.165, 1.54) is 11.1 Å². The monoisotopic (exact) mass is 348 g/mol. The Morgan fingerprint density at radius 2 is 2.04 bits per heavy atom. The van der Waals surface area contributed by atoms with Crippen LogP contribution in [0, 0.1) is 13.8 Å². The zero-order valence-electron chi connectivity index (χ0n) is 15.2. The van der Waals surface area contributed by atoms with Gasteiger partial charge in [0.2, 0.25) is 0 Å². The van der Waals surface area contributed by atoms with Gasteiger partial charge in [-0.05, 0) is 56.0 Å². The minimum Gasteiger partial charge on any atom is -0.381 e. The number of nitrogens with zero attached hydrogens (tertiary/aromatic N) is 2. The molecule has 2 heterocycles.